The third-order valence-corrected chi connectivity index (χ3v) is 3.03. The molecule has 1 N–H and O–H groups in total. The SMILES string of the molecule is CCCNCc1c(Cl)cccc1OCC(C)OC. The number of benzene rings is 1. The second kappa shape index (κ2) is 8.35. The molecule has 0 amide bonds. The van der Waals surface area contributed by atoms with Crippen LogP contribution in [0.2, 0.25) is 5.02 Å². The average Bonchev–Trinajstić information content (AvgIpc) is 2.38. The van der Waals surface area contributed by atoms with E-state index in [1.165, 1.54) is 0 Å². The summed E-state index contributed by atoms with van der Waals surface area (Å²) < 4.78 is 10.9. The number of rotatable bonds is 8. The van der Waals surface area contributed by atoms with Crippen molar-refractivity contribution >= 4 is 11.6 Å². The van der Waals surface area contributed by atoms with Gasteiger partial charge in [-0.15, -0.1) is 0 Å². The Morgan fingerprint density at radius 2 is 2.17 bits per heavy atom. The molecule has 0 saturated carbocycles. The lowest BCUT2D eigenvalue weighted by Gasteiger charge is -2.16. The van der Waals surface area contributed by atoms with E-state index in [0.717, 1.165) is 35.8 Å². The Kier molecular flexibility index (Phi) is 7.09. The molecule has 1 rings (SSSR count). The third-order valence-electron chi connectivity index (χ3n) is 2.68. The van der Waals surface area contributed by atoms with Crippen molar-refractivity contribution in [3.05, 3.63) is 28.8 Å². The predicted molar refractivity (Wildman–Crippen MR) is 75.4 cm³/mol. The second-order valence-corrected chi connectivity index (χ2v) is 4.66. The van der Waals surface area contributed by atoms with Crippen molar-refractivity contribution in [1.29, 1.82) is 0 Å². The van der Waals surface area contributed by atoms with Gasteiger partial charge in [-0.2, -0.15) is 0 Å². The molecule has 102 valence electrons. The van der Waals surface area contributed by atoms with E-state index in [2.05, 4.69) is 12.2 Å². The van der Waals surface area contributed by atoms with Crippen LogP contribution in [0.3, 0.4) is 0 Å². The van der Waals surface area contributed by atoms with Crippen molar-refractivity contribution in [3.8, 4) is 5.75 Å². The van der Waals surface area contributed by atoms with Gasteiger partial charge in [0.1, 0.15) is 12.4 Å². The Labute approximate surface area is 114 Å². The molecule has 1 aromatic rings. The highest BCUT2D eigenvalue weighted by Crippen LogP contribution is 2.26. The molecule has 0 aliphatic heterocycles. The molecule has 4 heteroatoms. The summed E-state index contributed by atoms with van der Waals surface area (Å²) in [6, 6.07) is 5.73. The highest BCUT2D eigenvalue weighted by atomic mass is 35.5. The molecule has 0 aromatic heterocycles. The number of ether oxygens (including phenoxy) is 2. The molecule has 1 aromatic carbocycles. The Hall–Kier alpha value is -0.770. The minimum atomic E-state index is 0.0698. The van der Waals surface area contributed by atoms with E-state index in [9.17, 15) is 0 Å². The minimum Gasteiger partial charge on any atom is -0.491 e. The van der Waals surface area contributed by atoms with Gasteiger partial charge in [0, 0.05) is 24.2 Å². The van der Waals surface area contributed by atoms with Gasteiger partial charge < -0.3 is 14.8 Å². The number of halogens is 1. The van der Waals surface area contributed by atoms with Crippen LogP contribution in [0.25, 0.3) is 0 Å². The largest absolute Gasteiger partial charge is 0.491 e. The van der Waals surface area contributed by atoms with Crippen molar-refractivity contribution in [2.24, 2.45) is 0 Å². The summed E-state index contributed by atoms with van der Waals surface area (Å²) in [6.07, 6.45) is 1.17. The molecule has 3 nitrogen and oxygen atoms in total. The number of methoxy groups -OCH3 is 1. The van der Waals surface area contributed by atoms with Gasteiger partial charge >= 0.3 is 0 Å². The molecule has 18 heavy (non-hydrogen) atoms. The van der Waals surface area contributed by atoms with Gasteiger partial charge in [0.05, 0.1) is 6.10 Å². The van der Waals surface area contributed by atoms with Gasteiger partial charge in [-0.3, -0.25) is 0 Å². The van der Waals surface area contributed by atoms with Crippen LogP contribution in [0.15, 0.2) is 18.2 Å². The van der Waals surface area contributed by atoms with E-state index >= 15 is 0 Å². The summed E-state index contributed by atoms with van der Waals surface area (Å²) in [5, 5.41) is 4.08. The van der Waals surface area contributed by atoms with Gasteiger partial charge in [0.2, 0.25) is 0 Å². The topological polar surface area (TPSA) is 30.5 Å². The van der Waals surface area contributed by atoms with Crippen molar-refractivity contribution in [1.82, 2.24) is 5.32 Å². The van der Waals surface area contributed by atoms with Crippen LogP contribution in [0.5, 0.6) is 5.75 Å². The zero-order valence-corrected chi connectivity index (χ0v) is 12.1. The molecule has 0 radical (unpaired) electrons. The van der Waals surface area contributed by atoms with E-state index in [1.54, 1.807) is 7.11 Å². The number of hydrogen-bond donors (Lipinski definition) is 1. The van der Waals surface area contributed by atoms with E-state index in [-0.39, 0.29) is 6.10 Å². The minimum absolute atomic E-state index is 0.0698. The average molecular weight is 272 g/mol. The molecular formula is C14H22ClNO2. The van der Waals surface area contributed by atoms with Crippen LogP contribution >= 0.6 is 11.6 Å². The first-order chi connectivity index (χ1) is 8.69. The lowest BCUT2D eigenvalue weighted by molar-refractivity contribution is 0.0713. The quantitative estimate of drug-likeness (QED) is 0.736. The van der Waals surface area contributed by atoms with E-state index < -0.39 is 0 Å². The molecule has 1 unspecified atom stereocenters. The molecule has 0 spiro atoms. The summed E-state index contributed by atoms with van der Waals surface area (Å²) in [4.78, 5) is 0. The Bertz CT molecular complexity index is 358. The summed E-state index contributed by atoms with van der Waals surface area (Å²) >= 11 is 6.21. The molecule has 0 aliphatic carbocycles. The van der Waals surface area contributed by atoms with Gasteiger partial charge in [-0.1, -0.05) is 24.6 Å². The summed E-state index contributed by atoms with van der Waals surface area (Å²) in [6.45, 7) is 6.33. The first-order valence-electron chi connectivity index (χ1n) is 6.32. The molecule has 0 saturated heterocycles. The van der Waals surface area contributed by atoms with Crippen LogP contribution in [0, 0.1) is 0 Å². The fraction of sp³-hybridized carbons (Fsp3) is 0.571. The standard InChI is InChI=1S/C14H22ClNO2/c1-4-8-16-9-12-13(15)6-5-7-14(12)18-10-11(2)17-3/h5-7,11,16H,4,8-10H2,1-3H3. The number of hydrogen-bond acceptors (Lipinski definition) is 3. The summed E-state index contributed by atoms with van der Waals surface area (Å²) in [5.74, 6) is 0.829. The number of nitrogens with one attached hydrogen (secondary N) is 1. The lowest BCUT2D eigenvalue weighted by Crippen LogP contribution is -2.18. The highest BCUT2D eigenvalue weighted by molar-refractivity contribution is 6.31. The monoisotopic (exact) mass is 271 g/mol. The molecule has 1 atom stereocenters. The van der Waals surface area contributed by atoms with Gasteiger partial charge in [0.15, 0.2) is 0 Å². The van der Waals surface area contributed by atoms with Crippen LogP contribution in [0.4, 0.5) is 0 Å². The van der Waals surface area contributed by atoms with Gasteiger partial charge in [0.25, 0.3) is 0 Å². The van der Waals surface area contributed by atoms with Gasteiger partial charge in [-0.25, -0.2) is 0 Å². The maximum absolute atomic E-state index is 6.21. The maximum atomic E-state index is 6.21. The first kappa shape index (κ1) is 15.3. The molecule has 0 bridgehead atoms. The van der Waals surface area contributed by atoms with E-state index in [1.807, 2.05) is 25.1 Å². The van der Waals surface area contributed by atoms with Crippen molar-refractivity contribution < 1.29 is 9.47 Å². The molecule has 0 fully saturated rings. The smallest absolute Gasteiger partial charge is 0.125 e. The zero-order valence-electron chi connectivity index (χ0n) is 11.3. The van der Waals surface area contributed by atoms with Gasteiger partial charge in [-0.05, 0) is 32.0 Å². The predicted octanol–water partition coefficient (Wildman–Crippen LogP) is 3.25. The Balaban J connectivity index is 2.67. The van der Waals surface area contributed by atoms with Crippen molar-refractivity contribution in [2.75, 3.05) is 20.3 Å². The van der Waals surface area contributed by atoms with E-state index in [0.29, 0.717) is 6.61 Å². The highest BCUT2D eigenvalue weighted by Gasteiger charge is 2.09. The Morgan fingerprint density at radius 3 is 2.83 bits per heavy atom. The lowest BCUT2D eigenvalue weighted by atomic mass is 10.2. The molecule has 0 heterocycles. The van der Waals surface area contributed by atoms with Crippen LogP contribution in [0.1, 0.15) is 25.8 Å². The van der Waals surface area contributed by atoms with Crippen molar-refractivity contribution in [2.45, 2.75) is 32.9 Å². The third kappa shape index (κ3) is 4.84. The molecular weight excluding hydrogens is 250 g/mol. The zero-order chi connectivity index (χ0) is 13.4. The maximum Gasteiger partial charge on any atom is 0.125 e. The fourth-order valence-electron chi connectivity index (χ4n) is 1.51. The molecule has 0 aliphatic rings. The van der Waals surface area contributed by atoms with Crippen LogP contribution in [-0.4, -0.2) is 26.4 Å². The second-order valence-electron chi connectivity index (χ2n) is 4.25. The Morgan fingerprint density at radius 1 is 1.39 bits per heavy atom. The normalized spacial score (nSPS) is 12.4. The summed E-state index contributed by atoms with van der Waals surface area (Å²) in [5.41, 5.74) is 1.01. The summed E-state index contributed by atoms with van der Waals surface area (Å²) in [7, 11) is 1.68. The van der Waals surface area contributed by atoms with Crippen LogP contribution < -0.4 is 10.1 Å². The van der Waals surface area contributed by atoms with E-state index in [4.69, 9.17) is 21.1 Å². The van der Waals surface area contributed by atoms with Crippen molar-refractivity contribution in [3.63, 3.8) is 0 Å². The first-order valence-corrected chi connectivity index (χ1v) is 6.70. The van der Waals surface area contributed by atoms with Crippen LogP contribution in [-0.2, 0) is 11.3 Å². The fourth-order valence-corrected chi connectivity index (χ4v) is 1.74.